The van der Waals surface area contributed by atoms with E-state index in [0.717, 1.165) is 6.54 Å². The summed E-state index contributed by atoms with van der Waals surface area (Å²) in [6.45, 7) is 1.01. The number of likely N-dealkylation sites (N-methyl/N-ethyl adjacent to an activating group) is 1. The molecule has 1 aromatic rings. The van der Waals surface area contributed by atoms with E-state index in [9.17, 15) is 0 Å². The van der Waals surface area contributed by atoms with E-state index in [1.54, 1.807) is 0 Å². The van der Waals surface area contributed by atoms with Crippen LogP contribution in [-0.4, -0.2) is 18.5 Å². The van der Waals surface area contributed by atoms with Crippen molar-refractivity contribution < 1.29 is 0 Å². The van der Waals surface area contributed by atoms with Crippen molar-refractivity contribution in [1.82, 2.24) is 4.90 Å². The molecule has 1 nitrogen and oxygen atoms in total. The third-order valence-electron chi connectivity index (χ3n) is 2.16. The largest absolute Gasteiger partial charge is 0.376 e. The lowest BCUT2D eigenvalue weighted by Gasteiger charge is -2.17. The highest BCUT2D eigenvalue weighted by Gasteiger charge is 2.02. The van der Waals surface area contributed by atoms with Crippen LogP contribution in [0.4, 0.5) is 0 Å². The minimum absolute atomic E-state index is 1.01. The molecule has 2 rings (SSSR count). The first-order valence-electron chi connectivity index (χ1n) is 4.50. The molecule has 0 N–H and O–H groups in total. The van der Waals surface area contributed by atoms with Crippen molar-refractivity contribution in [3.8, 4) is 0 Å². The van der Waals surface area contributed by atoms with Gasteiger partial charge in [-0.05, 0) is 11.1 Å². The molecule has 0 aromatic heterocycles. The van der Waals surface area contributed by atoms with E-state index >= 15 is 0 Å². The van der Waals surface area contributed by atoms with E-state index in [1.165, 1.54) is 11.1 Å². The Labute approximate surface area is 79.0 Å². The summed E-state index contributed by atoms with van der Waals surface area (Å²) in [5.74, 6) is 0. The average molecular weight is 171 g/mol. The van der Waals surface area contributed by atoms with E-state index < -0.39 is 0 Å². The summed E-state index contributed by atoms with van der Waals surface area (Å²) in [6.07, 6.45) is 6.53. The van der Waals surface area contributed by atoms with Crippen LogP contribution in [0.15, 0.2) is 48.7 Å². The van der Waals surface area contributed by atoms with Crippen molar-refractivity contribution in [2.24, 2.45) is 0 Å². The molecule has 13 heavy (non-hydrogen) atoms. The Hall–Kier alpha value is -1.50. The molecule has 1 heteroatoms. The number of hydrogen-bond acceptors (Lipinski definition) is 1. The van der Waals surface area contributed by atoms with Crippen molar-refractivity contribution in [3.63, 3.8) is 0 Å². The fourth-order valence-corrected chi connectivity index (χ4v) is 1.48. The van der Waals surface area contributed by atoms with Crippen LogP contribution in [0.2, 0.25) is 0 Å². The van der Waals surface area contributed by atoms with Gasteiger partial charge in [0.15, 0.2) is 0 Å². The fraction of sp³-hybridized carbons (Fsp3) is 0.167. The minimum atomic E-state index is 1.01. The minimum Gasteiger partial charge on any atom is -0.376 e. The molecule has 0 bridgehead atoms. The van der Waals surface area contributed by atoms with Crippen LogP contribution in [0.3, 0.4) is 0 Å². The highest BCUT2D eigenvalue weighted by Crippen LogP contribution is 2.18. The molecule has 1 aliphatic heterocycles. The van der Waals surface area contributed by atoms with Gasteiger partial charge in [-0.25, -0.2) is 0 Å². The van der Waals surface area contributed by atoms with Gasteiger partial charge in [0.2, 0.25) is 0 Å². The summed E-state index contributed by atoms with van der Waals surface area (Å²) in [6, 6.07) is 10.4. The van der Waals surface area contributed by atoms with Gasteiger partial charge in [-0.1, -0.05) is 42.5 Å². The lowest BCUT2D eigenvalue weighted by Crippen LogP contribution is -2.13. The second-order valence-corrected chi connectivity index (χ2v) is 3.29. The van der Waals surface area contributed by atoms with Crippen LogP contribution in [0.1, 0.15) is 5.56 Å². The van der Waals surface area contributed by atoms with Crippen LogP contribution >= 0.6 is 0 Å². The van der Waals surface area contributed by atoms with Gasteiger partial charge in [-0.2, -0.15) is 0 Å². The summed E-state index contributed by atoms with van der Waals surface area (Å²) in [4.78, 5) is 2.18. The fourth-order valence-electron chi connectivity index (χ4n) is 1.48. The topological polar surface area (TPSA) is 3.24 Å². The zero-order chi connectivity index (χ0) is 9.10. The van der Waals surface area contributed by atoms with Gasteiger partial charge in [0.1, 0.15) is 0 Å². The molecule has 1 aliphatic rings. The summed E-state index contributed by atoms with van der Waals surface area (Å²) in [7, 11) is 2.09. The molecule has 0 atom stereocenters. The van der Waals surface area contributed by atoms with E-state index in [0.29, 0.717) is 0 Å². The molecule has 0 saturated carbocycles. The maximum Gasteiger partial charge on any atom is 0.0354 e. The Morgan fingerprint density at radius 3 is 2.62 bits per heavy atom. The summed E-state index contributed by atoms with van der Waals surface area (Å²) < 4.78 is 0. The smallest absolute Gasteiger partial charge is 0.0354 e. The highest BCUT2D eigenvalue weighted by atomic mass is 15.1. The van der Waals surface area contributed by atoms with Gasteiger partial charge in [0.05, 0.1) is 0 Å². The Bertz CT molecular complexity index is 335. The molecule has 0 fully saturated rings. The SMILES string of the molecule is CN1C=C(c2ccccc2)C=CC1. The predicted molar refractivity (Wildman–Crippen MR) is 56.2 cm³/mol. The lowest BCUT2D eigenvalue weighted by atomic mass is 10.1. The molecule has 0 radical (unpaired) electrons. The maximum atomic E-state index is 2.18. The Kier molecular flexibility index (Phi) is 2.17. The van der Waals surface area contributed by atoms with Gasteiger partial charge in [0, 0.05) is 19.8 Å². The number of nitrogens with zero attached hydrogens (tertiary/aromatic N) is 1. The number of hydrogen-bond donors (Lipinski definition) is 0. The van der Waals surface area contributed by atoms with Crippen LogP contribution < -0.4 is 0 Å². The zero-order valence-corrected chi connectivity index (χ0v) is 7.77. The normalized spacial score (nSPS) is 15.8. The Morgan fingerprint density at radius 1 is 1.15 bits per heavy atom. The standard InChI is InChI=1S/C12H13N/c1-13-9-5-8-12(10-13)11-6-3-2-4-7-11/h2-8,10H,9H2,1H3. The molecule has 66 valence electrons. The Morgan fingerprint density at radius 2 is 1.92 bits per heavy atom. The van der Waals surface area contributed by atoms with Gasteiger partial charge >= 0.3 is 0 Å². The van der Waals surface area contributed by atoms with Crippen molar-refractivity contribution in [2.45, 2.75) is 0 Å². The van der Waals surface area contributed by atoms with Gasteiger partial charge in [0.25, 0.3) is 0 Å². The van der Waals surface area contributed by atoms with Crippen molar-refractivity contribution >= 4 is 5.57 Å². The monoisotopic (exact) mass is 171 g/mol. The van der Waals surface area contributed by atoms with Gasteiger partial charge < -0.3 is 4.90 Å². The molecule has 0 spiro atoms. The molecule has 0 amide bonds. The summed E-state index contributed by atoms with van der Waals surface area (Å²) in [5.41, 5.74) is 2.57. The van der Waals surface area contributed by atoms with Crippen molar-refractivity contribution in [1.29, 1.82) is 0 Å². The molecule has 1 aromatic carbocycles. The molecule has 0 aliphatic carbocycles. The van der Waals surface area contributed by atoms with Crippen LogP contribution in [0.25, 0.3) is 5.57 Å². The average Bonchev–Trinajstić information content (AvgIpc) is 2.19. The van der Waals surface area contributed by atoms with E-state index in [-0.39, 0.29) is 0 Å². The molecule has 0 unspecified atom stereocenters. The third kappa shape index (κ3) is 1.81. The van der Waals surface area contributed by atoms with Gasteiger partial charge in [-0.15, -0.1) is 0 Å². The quantitative estimate of drug-likeness (QED) is 0.627. The van der Waals surface area contributed by atoms with E-state index in [4.69, 9.17) is 0 Å². The van der Waals surface area contributed by atoms with Crippen LogP contribution in [-0.2, 0) is 0 Å². The maximum absolute atomic E-state index is 2.18. The molecule has 0 saturated heterocycles. The zero-order valence-electron chi connectivity index (χ0n) is 7.77. The van der Waals surface area contributed by atoms with E-state index in [1.807, 2.05) is 6.07 Å². The van der Waals surface area contributed by atoms with E-state index in [2.05, 4.69) is 54.6 Å². The first-order chi connectivity index (χ1) is 6.36. The number of benzene rings is 1. The second kappa shape index (κ2) is 3.48. The number of allylic oxidation sites excluding steroid dienone is 2. The first-order valence-corrected chi connectivity index (χ1v) is 4.50. The molecule has 1 heterocycles. The molecular formula is C12H13N. The highest BCUT2D eigenvalue weighted by molar-refractivity contribution is 5.74. The van der Waals surface area contributed by atoms with Gasteiger partial charge in [-0.3, -0.25) is 0 Å². The third-order valence-corrected chi connectivity index (χ3v) is 2.16. The molecular weight excluding hydrogens is 158 g/mol. The van der Waals surface area contributed by atoms with Crippen LogP contribution in [0.5, 0.6) is 0 Å². The first kappa shape index (κ1) is 8.11. The lowest BCUT2D eigenvalue weighted by molar-refractivity contribution is 0.507. The summed E-state index contributed by atoms with van der Waals surface area (Å²) >= 11 is 0. The van der Waals surface area contributed by atoms with Crippen molar-refractivity contribution in [3.05, 3.63) is 54.2 Å². The Balaban J connectivity index is 2.32. The predicted octanol–water partition coefficient (Wildman–Crippen LogP) is 2.53. The van der Waals surface area contributed by atoms with Crippen LogP contribution in [0, 0.1) is 0 Å². The summed E-state index contributed by atoms with van der Waals surface area (Å²) in [5, 5.41) is 0. The number of rotatable bonds is 1. The van der Waals surface area contributed by atoms with Crippen molar-refractivity contribution in [2.75, 3.05) is 13.6 Å². The second-order valence-electron chi connectivity index (χ2n) is 3.29.